The first-order valence-corrected chi connectivity index (χ1v) is 10.5. The highest BCUT2D eigenvalue weighted by molar-refractivity contribution is 5.91. The smallest absolute Gasteiger partial charge is 0.249 e. The molecule has 0 saturated heterocycles. The Bertz CT molecular complexity index is 1160. The third-order valence-corrected chi connectivity index (χ3v) is 5.43. The van der Waals surface area contributed by atoms with E-state index >= 15 is 0 Å². The van der Waals surface area contributed by atoms with Gasteiger partial charge in [-0.1, -0.05) is 19.1 Å². The first-order valence-electron chi connectivity index (χ1n) is 10.5. The molecule has 0 aliphatic heterocycles. The molecule has 1 aliphatic rings. The Balaban J connectivity index is 1.24. The van der Waals surface area contributed by atoms with Crippen molar-refractivity contribution in [2.24, 2.45) is 5.41 Å². The maximum atomic E-state index is 13.1. The lowest BCUT2D eigenvalue weighted by Gasteiger charge is -2.44. The topological polar surface area (TPSA) is 92.8 Å². The van der Waals surface area contributed by atoms with E-state index in [2.05, 4.69) is 15.4 Å². The van der Waals surface area contributed by atoms with Crippen LogP contribution in [0.3, 0.4) is 0 Å². The molecule has 0 bridgehead atoms. The van der Waals surface area contributed by atoms with Crippen LogP contribution in [0.5, 0.6) is 5.75 Å². The zero-order chi connectivity index (χ0) is 23.5. The molecule has 4 rings (SSSR count). The number of anilines is 1. The molecule has 3 aromatic rings. The standard InChI is InChI=1S/C24H23F2N5O2/c1-23(14-24(25,26)15-23)16-33-20-6-3-17(4-7-20)10-22(32)29-21-8-9-31(30-21)13-19-5-2-18(11-27)12-28-19/h2-9,12H,10,13-16H2,1H3,(H,29,30,32). The van der Waals surface area contributed by atoms with Crippen molar-refractivity contribution >= 4 is 11.7 Å². The average molecular weight is 451 g/mol. The second kappa shape index (κ2) is 8.98. The Labute approximate surface area is 190 Å². The SMILES string of the molecule is CC1(COc2ccc(CC(=O)Nc3ccn(Cc4ccc(C#N)cn4)n3)cc2)CC(F)(F)C1. The van der Waals surface area contributed by atoms with E-state index in [0.717, 1.165) is 11.3 Å². The number of nitriles is 1. The van der Waals surface area contributed by atoms with Crippen molar-refractivity contribution in [3.8, 4) is 11.8 Å². The lowest BCUT2D eigenvalue weighted by Crippen LogP contribution is -2.47. The summed E-state index contributed by atoms with van der Waals surface area (Å²) in [4.78, 5) is 16.6. The van der Waals surface area contributed by atoms with Gasteiger partial charge in [-0.3, -0.25) is 14.5 Å². The molecule has 2 aromatic heterocycles. The Kier molecular flexibility index (Phi) is 6.09. The fourth-order valence-corrected chi connectivity index (χ4v) is 3.90. The zero-order valence-electron chi connectivity index (χ0n) is 18.1. The van der Waals surface area contributed by atoms with Crippen LogP contribution in [-0.4, -0.2) is 33.2 Å². The van der Waals surface area contributed by atoms with E-state index in [4.69, 9.17) is 10.00 Å². The van der Waals surface area contributed by atoms with Crippen LogP contribution in [0.1, 0.15) is 36.6 Å². The number of carbonyl (C=O) groups is 1. The van der Waals surface area contributed by atoms with Gasteiger partial charge in [0.25, 0.3) is 0 Å². The number of aromatic nitrogens is 3. The largest absolute Gasteiger partial charge is 0.493 e. The van der Waals surface area contributed by atoms with E-state index in [9.17, 15) is 13.6 Å². The molecule has 1 N–H and O–H groups in total. The van der Waals surface area contributed by atoms with Crippen molar-refractivity contribution in [2.75, 3.05) is 11.9 Å². The highest BCUT2D eigenvalue weighted by atomic mass is 19.3. The van der Waals surface area contributed by atoms with Crippen molar-refractivity contribution in [1.29, 1.82) is 5.26 Å². The van der Waals surface area contributed by atoms with Crippen molar-refractivity contribution in [3.05, 3.63) is 71.7 Å². The van der Waals surface area contributed by atoms with Crippen LogP contribution in [-0.2, 0) is 17.8 Å². The Morgan fingerprint density at radius 1 is 1.21 bits per heavy atom. The second-order valence-electron chi connectivity index (χ2n) is 8.73. The number of halogens is 2. The predicted molar refractivity (Wildman–Crippen MR) is 117 cm³/mol. The minimum absolute atomic E-state index is 0.155. The van der Waals surface area contributed by atoms with Gasteiger partial charge in [-0.25, -0.2) is 8.78 Å². The molecule has 0 unspecified atom stereocenters. The van der Waals surface area contributed by atoms with Gasteiger partial charge in [0.05, 0.1) is 30.8 Å². The molecule has 7 nitrogen and oxygen atoms in total. The number of hydrogen-bond donors (Lipinski definition) is 1. The van der Waals surface area contributed by atoms with Gasteiger partial charge in [-0.15, -0.1) is 0 Å². The number of carbonyl (C=O) groups excluding carboxylic acids is 1. The number of alkyl halides is 2. The third-order valence-electron chi connectivity index (χ3n) is 5.43. The molecule has 0 spiro atoms. The summed E-state index contributed by atoms with van der Waals surface area (Å²) >= 11 is 0. The molecule has 1 fully saturated rings. The molecule has 170 valence electrons. The first kappa shape index (κ1) is 22.4. The molecule has 2 heterocycles. The Hall–Kier alpha value is -3.80. The summed E-state index contributed by atoms with van der Waals surface area (Å²) in [5.41, 5.74) is 1.53. The van der Waals surface area contributed by atoms with Crippen LogP contribution in [0.2, 0.25) is 0 Å². The number of hydrogen-bond acceptors (Lipinski definition) is 5. The van der Waals surface area contributed by atoms with E-state index in [1.165, 1.54) is 6.20 Å². The van der Waals surface area contributed by atoms with Gasteiger partial charge in [-0.05, 0) is 29.8 Å². The van der Waals surface area contributed by atoms with Crippen LogP contribution in [0.15, 0.2) is 54.9 Å². The van der Waals surface area contributed by atoms with Crippen molar-refractivity contribution < 1.29 is 18.3 Å². The van der Waals surface area contributed by atoms with Gasteiger partial charge in [0, 0.05) is 36.7 Å². The normalized spacial score (nSPS) is 15.8. The monoisotopic (exact) mass is 451 g/mol. The van der Waals surface area contributed by atoms with Gasteiger partial charge in [0.1, 0.15) is 11.8 Å². The summed E-state index contributed by atoms with van der Waals surface area (Å²) in [6.45, 7) is 2.45. The van der Waals surface area contributed by atoms with E-state index in [-0.39, 0.29) is 31.8 Å². The summed E-state index contributed by atoms with van der Waals surface area (Å²) in [5.74, 6) is -1.77. The van der Waals surface area contributed by atoms with Gasteiger partial charge in [0.2, 0.25) is 11.8 Å². The highest BCUT2D eigenvalue weighted by Gasteiger charge is 2.54. The average Bonchev–Trinajstić information content (AvgIpc) is 3.19. The molecular weight excluding hydrogens is 428 g/mol. The highest BCUT2D eigenvalue weighted by Crippen LogP contribution is 2.51. The molecule has 9 heteroatoms. The van der Waals surface area contributed by atoms with Gasteiger partial charge < -0.3 is 10.1 Å². The Morgan fingerprint density at radius 3 is 2.61 bits per heavy atom. The number of ether oxygens (including phenoxy) is 1. The lowest BCUT2D eigenvalue weighted by atomic mass is 9.68. The molecule has 1 aliphatic carbocycles. The number of rotatable bonds is 8. The summed E-state index contributed by atoms with van der Waals surface area (Å²) in [6, 6.07) is 14.2. The fourth-order valence-electron chi connectivity index (χ4n) is 3.90. The molecule has 1 aromatic carbocycles. The second-order valence-corrected chi connectivity index (χ2v) is 8.73. The van der Waals surface area contributed by atoms with Gasteiger partial charge in [0.15, 0.2) is 5.82 Å². The lowest BCUT2D eigenvalue weighted by molar-refractivity contribution is -0.164. The predicted octanol–water partition coefficient (Wildman–Crippen LogP) is 4.19. The molecule has 0 radical (unpaired) electrons. The van der Waals surface area contributed by atoms with Crippen LogP contribution in [0, 0.1) is 16.7 Å². The van der Waals surface area contributed by atoms with Crippen molar-refractivity contribution in [1.82, 2.24) is 14.8 Å². The maximum absolute atomic E-state index is 13.1. The van der Waals surface area contributed by atoms with Crippen LogP contribution >= 0.6 is 0 Å². The molecule has 1 saturated carbocycles. The van der Waals surface area contributed by atoms with Gasteiger partial charge in [-0.2, -0.15) is 10.4 Å². The minimum atomic E-state index is -2.58. The number of nitrogens with one attached hydrogen (secondary N) is 1. The number of nitrogens with zero attached hydrogens (tertiary/aromatic N) is 4. The number of benzene rings is 1. The third kappa shape index (κ3) is 5.92. The van der Waals surface area contributed by atoms with Crippen molar-refractivity contribution in [3.63, 3.8) is 0 Å². The zero-order valence-corrected chi connectivity index (χ0v) is 18.1. The quantitative estimate of drug-likeness (QED) is 0.554. The molecule has 0 atom stereocenters. The maximum Gasteiger partial charge on any atom is 0.249 e. The van der Waals surface area contributed by atoms with Crippen LogP contribution in [0.4, 0.5) is 14.6 Å². The minimum Gasteiger partial charge on any atom is -0.493 e. The molecule has 33 heavy (non-hydrogen) atoms. The van der Waals surface area contributed by atoms with Crippen molar-refractivity contribution in [2.45, 2.75) is 38.7 Å². The van der Waals surface area contributed by atoms with E-state index in [1.807, 2.05) is 6.07 Å². The number of amides is 1. The van der Waals surface area contributed by atoms with E-state index in [0.29, 0.717) is 23.7 Å². The van der Waals surface area contributed by atoms with E-state index < -0.39 is 11.3 Å². The summed E-state index contributed by atoms with van der Waals surface area (Å²) in [5, 5.41) is 15.9. The number of pyridine rings is 1. The van der Waals surface area contributed by atoms with E-state index in [1.54, 1.807) is 60.3 Å². The Morgan fingerprint density at radius 2 is 1.97 bits per heavy atom. The van der Waals surface area contributed by atoms with Crippen LogP contribution < -0.4 is 10.1 Å². The summed E-state index contributed by atoms with van der Waals surface area (Å²) < 4.78 is 33.5. The first-order chi connectivity index (χ1) is 15.7. The summed E-state index contributed by atoms with van der Waals surface area (Å²) in [7, 11) is 0. The van der Waals surface area contributed by atoms with Gasteiger partial charge >= 0.3 is 0 Å². The molecular formula is C24H23F2N5O2. The molecule has 1 amide bonds. The fraction of sp³-hybridized carbons (Fsp3) is 0.333. The summed E-state index contributed by atoms with van der Waals surface area (Å²) in [6.07, 6.45) is 3.09. The van der Waals surface area contributed by atoms with Crippen LogP contribution in [0.25, 0.3) is 0 Å².